The van der Waals surface area contributed by atoms with Crippen LogP contribution in [0.5, 0.6) is 0 Å². The maximum Gasteiger partial charge on any atom is 0.317 e. The number of aliphatic carboxylic acids is 1. The topological polar surface area (TPSA) is 58.4 Å². The lowest BCUT2D eigenvalue weighted by Crippen LogP contribution is -2.33. The molecule has 0 radical (unpaired) electrons. The standard InChI is InChI=1S/C10H17N3O2/c1-4-13(7-10(14)15)8(2)9-5-6-11-12(9)3/h5-6,8H,4,7H2,1-3H3,(H,14,15). The summed E-state index contributed by atoms with van der Waals surface area (Å²) in [5.41, 5.74) is 1.03. The molecule has 1 rings (SSSR count). The Hall–Kier alpha value is -1.36. The van der Waals surface area contributed by atoms with E-state index in [0.29, 0.717) is 6.54 Å². The second-order valence-corrected chi connectivity index (χ2v) is 3.51. The van der Waals surface area contributed by atoms with Crippen LogP contribution >= 0.6 is 0 Å². The molecule has 5 heteroatoms. The summed E-state index contributed by atoms with van der Waals surface area (Å²) in [4.78, 5) is 12.6. The van der Waals surface area contributed by atoms with Crippen molar-refractivity contribution in [2.24, 2.45) is 7.05 Å². The molecule has 0 saturated carbocycles. The smallest absolute Gasteiger partial charge is 0.317 e. The fourth-order valence-corrected chi connectivity index (χ4v) is 1.68. The third-order valence-electron chi connectivity index (χ3n) is 2.58. The molecule has 1 aromatic rings. The Kier molecular flexibility index (Phi) is 3.85. The fraction of sp³-hybridized carbons (Fsp3) is 0.600. The van der Waals surface area contributed by atoms with Gasteiger partial charge in [-0.3, -0.25) is 14.4 Å². The van der Waals surface area contributed by atoms with Crippen molar-refractivity contribution < 1.29 is 9.90 Å². The lowest BCUT2D eigenvalue weighted by Gasteiger charge is -2.25. The Morgan fingerprint density at radius 1 is 1.73 bits per heavy atom. The van der Waals surface area contributed by atoms with Gasteiger partial charge in [0, 0.05) is 19.3 Å². The van der Waals surface area contributed by atoms with Crippen LogP contribution in [-0.2, 0) is 11.8 Å². The van der Waals surface area contributed by atoms with Crippen LogP contribution in [0.15, 0.2) is 12.3 Å². The maximum atomic E-state index is 10.7. The zero-order valence-corrected chi connectivity index (χ0v) is 9.34. The summed E-state index contributed by atoms with van der Waals surface area (Å²) in [5, 5.41) is 12.8. The maximum absolute atomic E-state index is 10.7. The molecular weight excluding hydrogens is 194 g/mol. The van der Waals surface area contributed by atoms with E-state index in [9.17, 15) is 4.79 Å². The summed E-state index contributed by atoms with van der Waals surface area (Å²) in [7, 11) is 1.86. The van der Waals surface area contributed by atoms with E-state index in [4.69, 9.17) is 5.11 Å². The van der Waals surface area contributed by atoms with Gasteiger partial charge in [0.25, 0.3) is 0 Å². The first kappa shape index (κ1) is 11.7. The van der Waals surface area contributed by atoms with Gasteiger partial charge in [-0.15, -0.1) is 0 Å². The molecule has 0 amide bonds. The van der Waals surface area contributed by atoms with Crippen molar-refractivity contribution in [3.63, 3.8) is 0 Å². The number of hydrogen-bond acceptors (Lipinski definition) is 3. The van der Waals surface area contributed by atoms with Gasteiger partial charge >= 0.3 is 5.97 Å². The number of nitrogens with zero attached hydrogens (tertiary/aromatic N) is 3. The molecule has 1 heterocycles. The fourth-order valence-electron chi connectivity index (χ4n) is 1.68. The Bertz CT molecular complexity index is 335. The van der Waals surface area contributed by atoms with Crippen molar-refractivity contribution in [1.82, 2.24) is 14.7 Å². The molecule has 84 valence electrons. The zero-order valence-electron chi connectivity index (χ0n) is 9.34. The van der Waals surface area contributed by atoms with Crippen molar-refractivity contribution in [3.8, 4) is 0 Å². The highest BCUT2D eigenvalue weighted by atomic mass is 16.4. The van der Waals surface area contributed by atoms with Gasteiger partial charge in [0.05, 0.1) is 12.2 Å². The molecule has 1 aromatic heterocycles. The molecule has 1 unspecified atom stereocenters. The van der Waals surface area contributed by atoms with Crippen LogP contribution in [-0.4, -0.2) is 38.8 Å². The number of aryl methyl sites for hydroxylation is 1. The van der Waals surface area contributed by atoms with Crippen LogP contribution in [0.3, 0.4) is 0 Å². The van der Waals surface area contributed by atoms with Crippen molar-refractivity contribution in [2.75, 3.05) is 13.1 Å². The predicted molar refractivity (Wildman–Crippen MR) is 56.5 cm³/mol. The van der Waals surface area contributed by atoms with Gasteiger partial charge < -0.3 is 5.11 Å². The first-order chi connectivity index (χ1) is 7.06. The van der Waals surface area contributed by atoms with Gasteiger partial charge in [-0.05, 0) is 19.5 Å². The average molecular weight is 211 g/mol. The molecule has 15 heavy (non-hydrogen) atoms. The molecule has 1 N–H and O–H groups in total. The quantitative estimate of drug-likeness (QED) is 0.785. The molecule has 0 fully saturated rings. The number of likely N-dealkylation sites (N-methyl/N-ethyl adjacent to an activating group) is 1. The van der Waals surface area contributed by atoms with Gasteiger partial charge in [0.15, 0.2) is 0 Å². The lowest BCUT2D eigenvalue weighted by molar-refractivity contribution is -0.138. The van der Waals surface area contributed by atoms with Crippen LogP contribution in [0, 0.1) is 0 Å². The largest absolute Gasteiger partial charge is 0.480 e. The van der Waals surface area contributed by atoms with E-state index in [-0.39, 0.29) is 12.6 Å². The van der Waals surface area contributed by atoms with Crippen LogP contribution in [0.25, 0.3) is 0 Å². The minimum Gasteiger partial charge on any atom is -0.480 e. The highest BCUT2D eigenvalue weighted by Crippen LogP contribution is 2.18. The van der Waals surface area contributed by atoms with E-state index < -0.39 is 5.97 Å². The van der Waals surface area contributed by atoms with Crippen molar-refractivity contribution in [3.05, 3.63) is 18.0 Å². The van der Waals surface area contributed by atoms with Gasteiger partial charge in [0.2, 0.25) is 0 Å². The average Bonchev–Trinajstić information content (AvgIpc) is 2.59. The van der Waals surface area contributed by atoms with Crippen LogP contribution in [0.4, 0.5) is 0 Å². The Labute approximate surface area is 89.3 Å². The summed E-state index contributed by atoms with van der Waals surface area (Å²) in [5.74, 6) is -0.800. The summed E-state index contributed by atoms with van der Waals surface area (Å²) < 4.78 is 1.77. The molecule has 0 aromatic carbocycles. The Morgan fingerprint density at radius 3 is 2.80 bits per heavy atom. The first-order valence-corrected chi connectivity index (χ1v) is 5.00. The third-order valence-corrected chi connectivity index (χ3v) is 2.58. The van der Waals surface area contributed by atoms with Crippen LogP contribution in [0.2, 0.25) is 0 Å². The SMILES string of the molecule is CCN(CC(=O)O)C(C)c1ccnn1C. The normalized spacial score (nSPS) is 13.1. The molecule has 1 atom stereocenters. The number of carbonyl (C=O) groups is 1. The Morgan fingerprint density at radius 2 is 2.40 bits per heavy atom. The van der Waals surface area contributed by atoms with E-state index in [1.165, 1.54) is 0 Å². The summed E-state index contributed by atoms with van der Waals surface area (Å²) >= 11 is 0. The van der Waals surface area contributed by atoms with E-state index in [1.807, 2.05) is 31.9 Å². The molecule has 0 aliphatic carbocycles. The van der Waals surface area contributed by atoms with E-state index >= 15 is 0 Å². The third kappa shape index (κ3) is 2.79. The summed E-state index contributed by atoms with van der Waals surface area (Å²) in [6, 6.07) is 1.98. The van der Waals surface area contributed by atoms with Crippen molar-refractivity contribution in [1.29, 1.82) is 0 Å². The van der Waals surface area contributed by atoms with Gasteiger partial charge in [-0.2, -0.15) is 5.10 Å². The predicted octanol–water partition coefficient (Wildman–Crippen LogP) is 0.888. The minimum atomic E-state index is -0.800. The zero-order chi connectivity index (χ0) is 11.4. The van der Waals surface area contributed by atoms with E-state index in [2.05, 4.69) is 5.10 Å². The number of aromatic nitrogens is 2. The molecule has 0 aliphatic heterocycles. The molecule has 5 nitrogen and oxygen atoms in total. The summed E-state index contributed by atoms with van der Waals surface area (Å²) in [6.45, 7) is 4.71. The Balaban J connectivity index is 2.77. The number of carboxylic acids is 1. The van der Waals surface area contributed by atoms with Crippen molar-refractivity contribution in [2.45, 2.75) is 19.9 Å². The molecular formula is C10H17N3O2. The first-order valence-electron chi connectivity index (χ1n) is 5.00. The molecule has 0 aliphatic rings. The monoisotopic (exact) mass is 211 g/mol. The highest BCUT2D eigenvalue weighted by Gasteiger charge is 2.18. The van der Waals surface area contributed by atoms with E-state index in [0.717, 1.165) is 5.69 Å². The van der Waals surface area contributed by atoms with Crippen LogP contribution in [0.1, 0.15) is 25.6 Å². The second-order valence-electron chi connectivity index (χ2n) is 3.51. The number of rotatable bonds is 5. The van der Waals surface area contributed by atoms with Crippen LogP contribution < -0.4 is 0 Å². The molecule has 0 spiro atoms. The van der Waals surface area contributed by atoms with Gasteiger partial charge in [-0.1, -0.05) is 6.92 Å². The number of hydrogen-bond donors (Lipinski definition) is 1. The molecule has 0 saturated heterocycles. The van der Waals surface area contributed by atoms with Gasteiger partial charge in [0.1, 0.15) is 0 Å². The van der Waals surface area contributed by atoms with E-state index in [1.54, 1.807) is 10.9 Å². The van der Waals surface area contributed by atoms with Gasteiger partial charge in [-0.25, -0.2) is 0 Å². The second kappa shape index (κ2) is 4.93. The van der Waals surface area contributed by atoms with Crippen molar-refractivity contribution >= 4 is 5.97 Å². The number of carboxylic acid groups (broad SMARTS) is 1. The molecule has 0 bridgehead atoms. The minimum absolute atomic E-state index is 0.0584. The lowest BCUT2D eigenvalue weighted by atomic mass is 10.2. The highest BCUT2D eigenvalue weighted by molar-refractivity contribution is 5.69. The summed E-state index contributed by atoms with van der Waals surface area (Å²) in [6.07, 6.45) is 1.72.